The number of nitrogens with zero attached hydrogens (tertiary/aromatic N) is 1. The minimum absolute atomic E-state index is 0.0871. The maximum atomic E-state index is 10.0. The Kier molecular flexibility index (Phi) is 3.43. The first kappa shape index (κ1) is 13.1. The molecule has 2 nitrogen and oxygen atoms in total. The van der Waals surface area contributed by atoms with Gasteiger partial charge in [-0.1, -0.05) is 66.7 Å². The smallest absolute Gasteiger partial charge is 0.0887 e. The van der Waals surface area contributed by atoms with Crippen LogP contribution in [-0.2, 0) is 5.54 Å². The zero-order valence-corrected chi connectivity index (χ0v) is 11.7. The highest BCUT2D eigenvalue weighted by Gasteiger charge is 2.39. The molecule has 0 spiro atoms. The molecule has 0 aromatic heterocycles. The van der Waals surface area contributed by atoms with Crippen LogP contribution in [0.2, 0.25) is 0 Å². The maximum Gasteiger partial charge on any atom is 0.0887 e. The molecule has 1 aliphatic rings. The highest BCUT2D eigenvalue weighted by atomic mass is 16.3. The summed E-state index contributed by atoms with van der Waals surface area (Å²) >= 11 is 0. The fourth-order valence-electron chi connectivity index (χ4n) is 2.96. The van der Waals surface area contributed by atoms with Gasteiger partial charge in [-0.05, 0) is 23.7 Å². The summed E-state index contributed by atoms with van der Waals surface area (Å²) < 4.78 is 0. The van der Waals surface area contributed by atoms with Crippen LogP contribution >= 0.6 is 0 Å². The number of hydrogen-bond acceptors (Lipinski definition) is 2. The number of rotatable bonds is 3. The topological polar surface area (TPSA) is 23.5 Å². The van der Waals surface area contributed by atoms with E-state index in [0.29, 0.717) is 0 Å². The Bertz CT molecular complexity index is 606. The van der Waals surface area contributed by atoms with E-state index in [4.69, 9.17) is 0 Å². The SMILES string of the molecule is CN1CC(c2ccccc2)=CC1(CO)c1ccccc1. The Morgan fingerprint density at radius 2 is 1.60 bits per heavy atom. The van der Waals surface area contributed by atoms with Crippen LogP contribution in [0.1, 0.15) is 11.1 Å². The van der Waals surface area contributed by atoms with Crippen LogP contribution in [-0.4, -0.2) is 30.2 Å². The Hall–Kier alpha value is -1.90. The predicted octanol–water partition coefficient (Wildman–Crippen LogP) is 2.90. The van der Waals surface area contributed by atoms with Gasteiger partial charge in [0.15, 0.2) is 0 Å². The lowest BCUT2D eigenvalue weighted by Gasteiger charge is -2.34. The standard InChI is InChI=1S/C18H19NO/c1-19-13-16(15-8-4-2-5-9-15)12-18(19,14-20)17-10-6-3-7-11-17/h2-12,20H,13-14H2,1H3. The normalized spacial score (nSPS) is 22.8. The first-order valence-electron chi connectivity index (χ1n) is 6.91. The average molecular weight is 265 g/mol. The highest BCUT2D eigenvalue weighted by Crippen LogP contribution is 2.38. The highest BCUT2D eigenvalue weighted by molar-refractivity contribution is 5.71. The fraction of sp³-hybridized carbons (Fsp3) is 0.222. The van der Waals surface area contributed by atoms with Gasteiger partial charge in [-0.3, -0.25) is 4.90 Å². The summed E-state index contributed by atoms with van der Waals surface area (Å²) in [7, 11) is 2.07. The average Bonchev–Trinajstić information content (AvgIpc) is 2.87. The van der Waals surface area contributed by atoms with Crippen molar-refractivity contribution in [1.82, 2.24) is 4.90 Å². The minimum Gasteiger partial charge on any atom is -0.394 e. The van der Waals surface area contributed by atoms with Crippen molar-refractivity contribution in [3.05, 3.63) is 77.9 Å². The van der Waals surface area contributed by atoms with Crippen LogP contribution in [0.4, 0.5) is 0 Å². The lowest BCUT2D eigenvalue weighted by molar-refractivity contribution is 0.109. The molecule has 0 aliphatic carbocycles. The molecule has 0 bridgehead atoms. The van der Waals surface area contributed by atoms with Gasteiger partial charge in [-0.2, -0.15) is 0 Å². The van der Waals surface area contributed by atoms with E-state index in [2.05, 4.69) is 54.4 Å². The van der Waals surface area contributed by atoms with E-state index in [9.17, 15) is 5.11 Å². The van der Waals surface area contributed by atoms with Crippen molar-refractivity contribution < 1.29 is 5.11 Å². The Labute approximate surface area is 120 Å². The summed E-state index contributed by atoms with van der Waals surface area (Å²) in [6.45, 7) is 0.934. The third-order valence-electron chi connectivity index (χ3n) is 4.16. The molecule has 2 aromatic rings. The summed E-state index contributed by atoms with van der Waals surface area (Å²) in [5, 5.41) is 10.0. The van der Waals surface area contributed by atoms with Crippen molar-refractivity contribution in [3.63, 3.8) is 0 Å². The lowest BCUT2D eigenvalue weighted by Crippen LogP contribution is -2.41. The quantitative estimate of drug-likeness (QED) is 0.922. The molecule has 0 fully saturated rings. The first-order valence-corrected chi connectivity index (χ1v) is 6.91. The van der Waals surface area contributed by atoms with E-state index < -0.39 is 5.54 Å². The lowest BCUT2D eigenvalue weighted by atomic mass is 9.90. The number of hydrogen-bond donors (Lipinski definition) is 1. The molecule has 2 heteroatoms. The van der Waals surface area contributed by atoms with Crippen molar-refractivity contribution in [2.75, 3.05) is 20.2 Å². The first-order chi connectivity index (χ1) is 9.76. The summed E-state index contributed by atoms with van der Waals surface area (Å²) in [4.78, 5) is 2.21. The molecule has 1 heterocycles. The number of aliphatic hydroxyl groups excluding tert-OH is 1. The zero-order chi connectivity index (χ0) is 14.0. The summed E-state index contributed by atoms with van der Waals surface area (Å²) in [6.07, 6.45) is 2.21. The van der Waals surface area contributed by atoms with Gasteiger partial charge in [0.2, 0.25) is 0 Å². The van der Waals surface area contributed by atoms with Gasteiger partial charge in [0.1, 0.15) is 0 Å². The van der Waals surface area contributed by atoms with Gasteiger partial charge in [0.25, 0.3) is 0 Å². The fourth-order valence-corrected chi connectivity index (χ4v) is 2.96. The molecule has 102 valence electrons. The van der Waals surface area contributed by atoms with E-state index in [1.807, 2.05) is 24.3 Å². The van der Waals surface area contributed by atoms with Crippen LogP contribution in [0.5, 0.6) is 0 Å². The number of likely N-dealkylation sites (N-methyl/N-ethyl adjacent to an activating group) is 1. The van der Waals surface area contributed by atoms with E-state index in [1.54, 1.807) is 0 Å². The minimum atomic E-state index is -0.410. The second-order valence-electron chi connectivity index (χ2n) is 5.34. The third kappa shape index (κ3) is 2.07. The van der Waals surface area contributed by atoms with Gasteiger partial charge >= 0.3 is 0 Å². The molecule has 20 heavy (non-hydrogen) atoms. The van der Waals surface area contributed by atoms with Crippen molar-refractivity contribution in [2.24, 2.45) is 0 Å². The van der Waals surface area contributed by atoms with Gasteiger partial charge in [-0.25, -0.2) is 0 Å². The maximum absolute atomic E-state index is 10.0. The van der Waals surface area contributed by atoms with Crippen LogP contribution < -0.4 is 0 Å². The van der Waals surface area contributed by atoms with Crippen LogP contribution in [0.3, 0.4) is 0 Å². The van der Waals surface area contributed by atoms with Crippen LogP contribution in [0.15, 0.2) is 66.7 Å². The monoisotopic (exact) mass is 265 g/mol. The molecular weight excluding hydrogens is 246 g/mol. The molecule has 2 aromatic carbocycles. The van der Waals surface area contributed by atoms with E-state index in [0.717, 1.165) is 12.1 Å². The van der Waals surface area contributed by atoms with E-state index in [-0.39, 0.29) is 6.61 Å². The predicted molar refractivity (Wildman–Crippen MR) is 82.3 cm³/mol. The zero-order valence-electron chi connectivity index (χ0n) is 11.7. The second-order valence-corrected chi connectivity index (χ2v) is 5.34. The Balaban J connectivity index is 2.06. The summed E-state index contributed by atoms with van der Waals surface area (Å²) in [5.74, 6) is 0. The Morgan fingerprint density at radius 3 is 2.20 bits per heavy atom. The van der Waals surface area contributed by atoms with Crippen molar-refractivity contribution in [3.8, 4) is 0 Å². The van der Waals surface area contributed by atoms with E-state index in [1.165, 1.54) is 11.1 Å². The van der Waals surface area contributed by atoms with Gasteiger partial charge in [0, 0.05) is 6.54 Å². The molecule has 0 saturated carbocycles. The summed E-state index contributed by atoms with van der Waals surface area (Å²) in [5.41, 5.74) is 3.22. The van der Waals surface area contributed by atoms with Crippen molar-refractivity contribution in [1.29, 1.82) is 0 Å². The molecule has 1 N–H and O–H groups in total. The molecule has 1 atom stereocenters. The Morgan fingerprint density at radius 1 is 1.00 bits per heavy atom. The van der Waals surface area contributed by atoms with E-state index >= 15 is 0 Å². The second kappa shape index (κ2) is 5.23. The van der Waals surface area contributed by atoms with Gasteiger partial charge in [-0.15, -0.1) is 0 Å². The van der Waals surface area contributed by atoms with Crippen molar-refractivity contribution >= 4 is 5.57 Å². The molecule has 0 amide bonds. The molecule has 3 rings (SSSR count). The third-order valence-corrected chi connectivity index (χ3v) is 4.16. The molecule has 1 unspecified atom stereocenters. The largest absolute Gasteiger partial charge is 0.394 e. The number of benzene rings is 2. The van der Waals surface area contributed by atoms with Gasteiger partial charge in [0.05, 0.1) is 12.1 Å². The molecular formula is C18H19NO. The van der Waals surface area contributed by atoms with Crippen molar-refractivity contribution in [2.45, 2.75) is 5.54 Å². The number of aliphatic hydroxyl groups is 1. The molecule has 1 aliphatic heterocycles. The molecule has 0 saturated heterocycles. The van der Waals surface area contributed by atoms with Gasteiger partial charge < -0.3 is 5.11 Å². The summed E-state index contributed by atoms with van der Waals surface area (Å²) in [6, 6.07) is 20.6. The van der Waals surface area contributed by atoms with Crippen LogP contribution in [0.25, 0.3) is 5.57 Å². The van der Waals surface area contributed by atoms with Crippen LogP contribution in [0, 0.1) is 0 Å². The molecule has 0 radical (unpaired) electrons.